The van der Waals surface area contributed by atoms with Gasteiger partial charge in [0.05, 0.1) is 32.1 Å². The first-order valence-corrected chi connectivity index (χ1v) is 8.26. The average Bonchev–Trinajstić information content (AvgIpc) is 2.71. The molecular formula is C20H22N2O5. The molecule has 0 radical (unpaired) electrons. The fraction of sp³-hybridized carbons (Fsp3) is 0.200. The normalized spacial score (nSPS) is 10.5. The van der Waals surface area contributed by atoms with Gasteiger partial charge in [-0.1, -0.05) is 18.2 Å². The number of anilines is 1. The lowest BCUT2D eigenvalue weighted by atomic mass is 10.1. The highest BCUT2D eigenvalue weighted by molar-refractivity contribution is 6.07. The molecule has 0 saturated heterocycles. The van der Waals surface area contributed by atoms with Gasteiger partial charge in [0.15, 0.2) is 11.5 Å². The number of ether oxygens (including phenoxy) is 3. The van der Waals surface area contributed by atoms with Crippen molar-refractivity contribution in [2.45, 2.75) is 6.92 Å². The minimum atomic E-state index is -0.541. The number of nitrogens with two attached hydrogens (primary N) is 1. The second kappa shape index (κ2) is 9.40. The van der Waals surface area contributed by atoms with Crippen molar-refractivity contribution in [3.05, 3.63) is 59.7 Å². The molecule has 2 rings (SSSR count). The van der Waals surface area contributed by atoms with Crippen molar-refractivity contribution in [3.63, 3.8) is 0 Å². The summed E-state index contributed by atoms with van der Waals surface area (Å²) in [5.41, 5.74) is 1.21. The summed E-state index contributed by atoms with van der Waals surface area (Å²) in [5.74, 6) is 6.01. The summed E-state index contributed by atoms with van der Waals surface area (Å²) in [6.45, 7) is 1.93. The van der Waals surface area contributed by atoms with E-state index in [9.17, 15) is 9.59 Å². The number of nitrogens with zero attached hydrogens (tertiary/aromatic N) is 1. The zero-order chi connectivity index (χ0) is 19.8. The second-order valence-electron chi connectivity index (χ2n) is 5.39. The summed E-state index contributed by atoms with van der Waals surface area (Å²) in [5, 5.41) is 0.906. The standard InChI is InChI=1S/C20H22N2O5/c1-4-27-20(24)15-7-5-6-8-16(15)22(21)19(23)12-10-14-9-11-17(25-2)18(13-14)26-3/h5-13H,4,21H2,1-3H3/b12-10+. The van der Waals surface area contributed by atoms with Crippen molar-refractivity contribution in [2.24, 2.45) is 5.84 Å². The molecule has 0 aliphatic carbocycles. The maximum atomic E-state index is 12.4. The first kappa shape index (κ1) is 20.0. The Labute approximate surface area is 157 Å². The molecule has 2 N–H and O–H groups in total. The number of benzene rings is 2. The van der Waals surface area contributed by atoms with Crippen LogP contribution >= 0.6 is 0 Å². The SMILES string of the molecule is CCOC(=O)c1ccccc1N(N)C(=O)/C=C/c1ccc(OC)c(OC)c1. The van der Waals surface area contributed by atoms with Gasteiger partial charge in [0.2, 0.25) is 0 Å². The molecule has 2 aromatic rings. The molecule has 142 valence electrons. The summed E-state index contributed by atoms with van der Waals surface area (Å²) in [6, 6.07) is 11.7. The Morgan fingerprint density at radius 1 is 1.07 bits per heavy atom. The third kappa shape index (κ3) is 4.86. The fourth-order valence-electron chi connectivity index (χ4n) is 2.39. The molecule has 0 unspecified atom stereocenters. The lowest BCUT2D eigenvalue weighted by Gasteiger charge is -2.17. The van der Waals surface area contributed by atoms with E-state index in [0.717, 1.165) is 10.6 Å². The van der Waals surface area contributed by atoms with E-state index in [1.54, 1.807) is 62.6 Å². The van der Waals surface area contributed by atoms with Gasteiger partial charge in [0.1, 0.15) is 0 Å². The number of para-hydroxylation sites is 1. The average molecular weight is 370 g/mol. The number of hydrogen-bond acceptors (Lipinski definition) is 6. The quantitative estimate of drug-likeness (QED) is 0.265. The topological polar surface area (TPSA) is 91.1 Å². The van der Waals surface area contributed by atoms with Crippen molar-refractivity contribution >= 4 is 23.6 Å². The van der Waals surface area contributed by atoms with E-state index >= 15 is 0 Å². The van der Waals surface area contributed by atoms with Crippen molar-refractivity contribution in [3.8, 4) is 11.5 Å². The van der Waals surface area contributed by atoms with Crippen LogP contribution in [0.5, 0.6) is 11.5 Å². The first-order chi connectivity index (χ1) is 13.0. The Morgan fingerprint density at radius 3 is 2.44 bits per heavy atom. The van der Waals surface area contributed by atoms with E-state index < -0.39 is 11.9 Å². The van der Waals surface area contributed by atoms with Crippen molar-refractivity contribution in [1.29, 1.82) is 0 Å². The largest absolute Gasteiger partial charge is 0.493 e. The Bertz CT molecular complexity index is 848. The predicted octanol–water partition coefficient (Wildman–Crippen LogP) is 2.80. The van der Waals surface area contributed by atoms with Gasteiger partial charge in [-0.2, -0.15) is 0 Å². The molecule has 0 bridgehead atoms. The monoisotopic (exact) mass is 370 g/mol. The van der Waals surface area contributed by atoms with Crippen molar-refractivity contribution in [1.82, 2.24) is 0 Å². The summed E-state index contributed by atoms with van der Waals surface area (Å²) >= 11 is 0. The molecule has 0 aromatic heterocycles. The summed E-state index contributed by atoms with van der Waals surface area (Å²) < 4.78 is 15.4. The van der Waals surface area contributed by atoms with Crippen LogP contribution in [0.4, 0.5) is 5.69 Å². The lowest BCUT2D eigenvalue weighted by molar-refractivity contribution is -0.114. The van der Waals surface area contributed by atoms with Crippen LogP contribution in [0.3, 0.4) is 0 Å². The van der Waals surface area contributed by atoms with E-state index in [4.69, 9.17) is 20.1 Å². The third-order valence-corrected chi connectivity index (χ3v) is 3.72. The smallest absolute Gasteiger partial charge is 0.340 e. The van der Waals surface area contributed by atoms with Gasteiger partial charge >= 0.3 is 5.97 Å². The minimum Gasteiger partial charge on any atom is -0.493 e. The zero-order valence-corrected chi connectivity index (χ0v) is 15.5. The number of rotatable bonds is 7. The van der Waals surface area contributed by atoms with Gasteiger partial charge in [-0.25, -0.2) is 15.6 Å². The van der Waals surface area contributed by atoms with Gasteiger partial charge < -0.3 is 14.2 Å². The number of amides is 1. The van der Waals surface area contributed by atoms with Gasteiger partial charge in [-0.3, -0.25) is 4.79 Å². The van der Waals surface area contributed by atoms with E-state index in [-0.39, 0.29) is 17.9 Å². The van der Waals surface area contributed by atoms with Crippen LogP contribution in [-0.2, 0) is 9.53 Å². The van der Waals surface area contributed by atoms with E-state index in [2.05, 4.69) is 0 Å². The highest BCUT2D eigenvalue weighted by atomic mass is 16.5. The highest BCUT2D eigenvalue weighted by Crippen LogP contribution is 2.28. The zero-order valence-electron chi connectivity index (χ0n) is 15.5. The summed E-state index contributed by atoms with van der Waals surface area (Å²) in [6.07, 6.45) is 2.90. The van der Waals surface area contributed by atoms with Crippen LogP contribution in [0.2, 0.25) is 0 Å². The van der Waals surface area contributed by atoms with Crippen LogP contribution in [-0.4, -0.2) is 32.7 Å². The molecule has 2 aromatic carbocycles. The highest BCUT2D eigenvalue weighted by Gasteiger charge is 2.18. The third-order valence-electron chi connectivity index (χ3n) is 3.72. The van der Waals surface area contributed by atoms with Crippen molar-refractivity contribution in [2.75, 3.05) is 25.8 Å². The molecule has 0 atom stereocenters. The number of hydrogen-bond donors (Lipinski definition) is 1. The number of carbonyl (C=O) groups excluding carboxylic acids is 2. The van der Waals surface area contributed by atoms with Crippen LogP contribution in [0, 0.1) is 0 Å². The van der Waals surface area contributed by atoms with Crippen LogP contribution < -0.4 is 20.3 Å². The number of hydrazine groups is 1. The van der Waals surface area contributed by atoms with Gasteiger partial charge in [-0.05, 0) is 42.8 Å². The molecule has 7 heteroatoms. The van der Waals surface area contributed by atoms with Crippen LogP contribution in [0.25, 0.3) is 6.08 Å². The Kier molecular flexibility index (Phi) is 6.96. The lowest BCUT2D eigenvalue weighted by Crippen LogP contribution is -2.37. The molecule has 0 saturated carbocycles. The van der Waals surface area contributed by atoms with Gasteiger partial charge in [0, 0.05) is 6.08 Å². The molecule has 0 fully saturated rings. The maximum absolute atomic E-state index is 12.4. The minimum absolute atomic E-state index is 0.217. The van der Waals surface area contributed by atoms with E-state index in [0.29, 0.717) is 11.5 Å². The first-order valence-electron chi connectivity index (χ1n) is 8.26. The van der Waals surface area contributed by atoms with E-state index in [1.165, 1.54) is 13.2 Å². The van der Waals surface area contributed by atoms with Crippen LogP contribution in [0.15, 0.2) is 48.5 Å². The number of carbonyl (C=O) groups is 2. The maximum Gasteiger partial charge on any atom is 0.340 e. The fourth-order valence-corrected chi connectivity index (χ4v) is 2.39. The molecule has 0 aliphatic heterocycles. The second-order valence-corrected chi connectivity index (χ2v) is 5.39. The van der Waals surface area contributed by atoms with Crippen LogP contribution in [0.1, 0.15) is 22.8 Å². The van der Waals surface area contributed by atoms with Crippen molar-refractivity contribution < 1.29 is 23.8 Å². The predicted molar refractivity (Wildman–Crippen MR) is 103 cm³/mol. The Morgan fingerprint density at radius 2 is 1.78 bits per heavy atom. The molecule has 0 aliphatic rings. The Hall–Kier alpha value is -3.32. The molecule has 27 heavy (non-hydrogen) atoms. The summed E-state index contributed by atoms with van der Waals surface area (Å²) in [4.78, 5) is 24.5. The molecule has 0 heterocycles. The molecule has 0 spiro atoms. The Balaban J connectivity index is 2.21. The molecule has 1 amide bonds. The van der Waals surface area contributed by atoms with Gasteiger partial charge in [-0.15, -0.1) is 0 Å². The number of esters is 1. The van der Waals surface area contributed by atoms with Gasteiger partial charge in [0.25, 0.3) is 5.91 Å². The summed E-state index contributed by atoms with van der Waals surface area (Å²) in [7, 11) is 3.08. The molecular weight excluding hydrogens is 348 g/mol. The van der Waals surface area contributed by atoms with E-state index in [1.807, 2.05) is 0 Å². The molecule has 7 nitrogen and oxygen atoms in total. The number of methoxy groups -OCH3 is 2.